The molecule has 0 bridgehead atoms. The normalized spacial score (nSPS) is 12.8. The third-order valence-corrected chi connectivity index (χ3v) is 2.88. The number of nitrogens with one attached hydrogen (secondary N) is 1. The zero-order valence-corrected chi connectivity index (χ0v) is 11.2. The molecule has 0 aliphatic rings. The van der Waals surface area contributed by atoms with Crippen molar-refractivity contribution in [2.45, 2.75) is 26.8 Å². The standard InChI is InChI=1S/C13H18N2O4/c1-13(2,3)11(8-16)14-12(17)9-6-4-5-7-10(9)15(18)19/h4-7,11,16H,8H2,1-3H3,(H,14,17). The van der Waals surface area contributed by atoms with Gasteiger partial charge >= 0.3 is 0 Å². The van der Waals surface area contributed by atoms with Crippen LogP contribution < -0.4 is 5.32 Å². The number of nitro benzene ring substituents is 1. The van der Waals surface area contributed by atoms with Crippen LogP contribution in [-0.4, -0.2) is 28.6 Å². The maximum Gasteiger partial charge on any atom is 0.282 e. The van der Waals surface area contributed by atoms with Crippen molar-refractivity contribution in [3.05, 3.63) is 39.9 Å². The molecule has 1 atom stereocenters. The molecule has 0 radical (unpaired) electrons. The van der Waals surface area contributed by atoms with Crippen molar-refractivity contribution in [2.75, 3.05) is 6.61 Å². The Bertz CT molecular complexity index is 480. The Hall–Kier alpha value is -1.95. The first-order chi connectivity index (χ1) is 8.77. The minimum Gasteiger partial charge on any atom is -0.394 e. The number of hydrogen-bond donors (Lipinski definition) is 2. The van der Waals surface area contributed by atoms with E-state index in [0.29, 0.717) is 0 Å². The lowest BCUT2D eigenvalue weighted by Crippen LogP contribution is -2.46. The molecule has 1 aromatic rings. The molecule has 0 saturated carbocycles. The number of carbonyl (C=O) groups is 1. The van der Waals surface area contributed by atoms with Crippen molar-refractivity contribution in [2.24, 2.45) is 5.41 Å². The summed E-state index contributed by atoms with van der Waals surface area (Å²) in [5.74, 6) is -0.554. The van der Waals surface area contributed by atoms with E-state index in [2.05, 4.69) is 5.32 Å². The van der Waals surface area contributed by atoms with Crippen LogP contribution in [0, 0.1) is 15.5 Å². The van der Waals surface area contributed by atoms with Gasteiger partial charge in [-0.25, -0.2) is 0 Å². The summed E-state index contributed by atoms with van der Waals surface area (Å²) in [7, 11) is 0. The predicted octanol–water partition coefficient (Wildman–Crippen LogP) is 1.73. The number of carbonyl (C=O) groups excluding carboxylic acids is 1. The number of rotatable bonds is 4. The van der Waals surface area contributed by atoms with E-state index in [1.165, 1.54) is 18.2 Å². The number of benzene rings is 1. The number of hydrogen-bond acceptors (Lipinski definition) is 4. The van der Waals surface area contributed by atoms with Crippen LogP contribution in [0.5, 0.6) is 0 Å². The summed E-state index contributed by atoms with van der Waals surface area (Å²) < 4.78 is 0. The van der Waals surface area contributed by atoms with Gasteiger partial charge in [-0.15, -0.1) is 0 Å². The number of aliphatic hydroxyl groups excluding tert-OH is 1. The fourth-order valence-corrected chi connectivity index (χ4v) is 1.60. The Balaban J connectivity index is 2.99. The SMILES string of the molecule is CC(C)(C)C(CO)NC(=O)c1ccccc1[N+](=O)[O-]. The lowest BCUT2D eigenvalue weighted by Gasteiger charge is -2.29. The van der Waals surface area contributed by atoms with Crippen LogP contribution in [0.4, 0.5) is 5.69 Å². The molecule has 1 aromatic carbocycles. The molecule has 0 fully saturated rings. The van der Waals surface area contributed by atoms with E-state index in [0.717, 1.165) is 0 Å². The van der Waals surface area contributed by atoms with Gasteiger partial charge in [-0.3, -0.25) is 14.9 Å². The van der Waals surface area contributed by atoms with Crippen molar-refractivity contribution >= 4 is 11.6 Å². The Kier molecular flexibility index (Phi) is 4.61. The molecule has 0 aromatic heterocycles. The number of nitrogens with zero attached hydrogens (tertiary/aromatic N) is 1. The smallest absolute Gasteiger partial charge is 0.282 e. The average molecular weight is 266 g/mol. The second-order valence-electron chi connectivity index (χ2n) is 5.35. The van der Waals surface area contributed by atoms with Gasteiger partial charge in [-0.1, -0.05) is 32.9 Å². The summed E-state index contributed by atoms with van der Waals surface area (Å²) in [6.45, 7) is 5.38. The van der Waals surface area contributed by atoms with Gasteiger partial charge in [0.15, 0.2) is 0 Å². The molecule has 0 heterocycles. The lowest BCUT2D eigenvalue weighted by atomic mass is 9.87. The van der Waals surface area contributed by atoms with Crippen LogP contribution in [0.1, 0.15) is 31.1 Å². The van der Waals surface area contributed by atoms with Crippen LogP contribution in [0.25, 0.3) is 0 Å². The second kappa shape index (κ2) is 5.79. The molecule has 1 unspecified atom stereocenters. The highest BCUT2D eigenvalue weighted by Crippen LogP contribution is 2.21. The highest BCUT2D eigenvalue weighted by molar-refractivity contribution is 5.98. The van der Waals surface area contributed by atoms with E-state index in [4.69, 9.17) is 0 Å². The van der Waals surface area contributed by atoms with Crippen molar-refractivity contribution in [1.29, 1.82) is 0 Å². The fraction of sp³-hybridized carbons (Fsp3) is 0.462. The summed E-state index contributed by atoms with van der Waals surface area (Å²) in [5, 5.41) is 22.8. The maximum absolute atomic E-state index is 12.1. The molecule has 0 aliphatic carbocycles. The minimum atomic E-state index is -0.597. The molecule has 2 N–H and O–H groups in total. The predicted molar refractivity (Wildman–Crippen MR) is 70.9 cm³/mol. The molecule has 1 amide bonds. The molecular weight excluding hydrogens is 248 g/mol. The number of nitro groups is 1. The highest BCUT2D eigenvalue weighted by Gasteiger charge is 2.28. The fourth-order valence-electron chi connectivity index (χ4n) is 1.60. The van der Waals surface area contributed by atoms with Gasteiger partial charge in [0.1, 0.15) is 5.56 Å². The summed E-state index contributed by atoms with van der Waals surface area (Å²) in [6, 6.07) is 5.26. The van der Waals surface area contributed by atoms with Gasteiger partial charge in [-0.2, -0.15) is 0 Å². The lowest BCUT2D eigenvalue weighted by molar-refractivity contribution is -0.385. The molecule has 1 rings (SSSR count). The van der Waals surface area contributed by atoms with E-state index >= 15 is 0 Å². The molecule has 19 heavy (non-hydrogen) atoms. The van der Waals surface area contributed by atoms with E-state index in [1.807, 2.05) is 20.8 Å². The quantitative estimate of drug-likeness (QED) is 0.641. The Morgan fingerprint density at radius 2 is 2.00 bits per heavy atom. The molecule has 0 aliphatic heterocycles. The van der Waals surface area contributed by atoms with Crippen LogP contribution >= 0.6 is 0 Å². The average Bonchev–Trinajstić information content (AvgIpc) is 2.34. The third-order valence-electron chi connectivity index (χ3n) is 2.88. The van der Waals surface area contributed by atoms with Gasteiger partial charge in [0.25, 0.3) is 11.6 Å². The Labute approximate surface area is 111 Å². The van der Waals surface area contributed by atoms with Crippen LogP contribution in [0.2, 0.25) is 0 Å². The van der Waals surface area contributed by atoms with Crippen molar-refractivity contribution in [3.63, 3.8) is 0 Å². The number of aliphatic hydroxyl groups is 1. The molecular formula is C13H18N2O4. The van der Waals surface area contributed by atoms with Gasteiger partial charge in [0.2, 0.25) is 0 Å². The molecule has 6 heteroatoms. The van der Waals surface area contributed by atoms with Crippen molar-refractivity contribution in [1.82, 2.24) is 5.32 Å². The molecule has 6 nitrogen and oxygen atoms in total. The van der Waals surface area contributed by atoms with E-state index in [-0.39, 0.29) is 23.3 Å². The second-order valence-corrected chi connectivity index (χ2v) is 5.35. The van der Waals surface area contributed by atoms with Crippen molar-refractivity contribution in [3.8, 4) is 0 Å². The highest BCUT2D eigenvalue weighted by atomic mass is 16.6. The Morgan fingerprint density at radius 1 is 1.42 bits per heavy atom. The summed E-state index contributed by atoms with van der Waals surface area (Å²) in [6.07, 6.45) is 0. The first-order valence-corrected chi connectivity index (χ1v) is 5.92. The zero-order valence-electron chi connectivity index (χ0n) is 11.2. The van der Waals surface area contributed by atoms with Gasteiger partial charge in [-0.05, 0) is 11.5 Å². The van der Waals surface area contributed by atoms with E-state index < -0.39 is 16.9 Å². The largest absolute Gasteiger partial charge is 0.394 e. The van der Waals surface area contributed by atoms with Crippen LogP contribution in [0.3, 0.4) is 0 Å². The molecule has 0 saturated heterocycles. The minimum absolute atomic E-state index is 0.00444. The van der Waals surface area contributed by atoms with Gasteiger partial charge in [0.05, 0.1) is 17.6 Å². The monoisotopic (exact) mass is 266 g/mol. The van der Waals surface area contributed by atoms with E-state index in [1.54, 1.807) is 6.07 Å². The molecule has 104 valence electrons. The zero-order chi connectivity index (χ0) is 14.6. The first-order valence-electron chi connectivity index (χ1n) is 5.92. The third kappa shape index (κ3) is 3.75. The van der Waals surface area contributed by atoms with Gasteiger partial charge in [0, 0.05) is 6.07 Å². The summed E-state index contributed by atoms with van der Waals surface area (Å²) in [5.41, 5.74) is -0.589. The summed E-state index contributed by atoms with van der Waals surface area (Å²) in [4.78, 5) is 22.3. The Morgan fingerprint density at radius 3 is 2.47 bits per heavy atom. The van der Waals surface area contributed by atoms with Gasteiger partial charge < -0.3 is 10.4 Å². The topological polar surface area (TPSA) is 92.5 Å². The number of amides is 1. The van der Waals surface area contributed by atoms with Crippen molar-refractivity contribution < 1.29 is 14.8 Å². The van der Waals surface area contributed by atoms with Crippen LogP contribution in [-0.2, 0) is 0 Å². The number of para-hydroxylation sites is 1. The molecule has 0 spiro atoms. The first kappa shape index (κ1) is 15.1. The van der Waals surface area contributed by atoms with E-state index in [9.17, 15) is 20.0 Å². The summed E-state index contributed by atoms with van der Waals surface area (Å²) >= 11 is 0. The maximum atomic E-state index is 12.1. The van der Waals surface area contributed by atoms with Crippen LogP contribution in [0.15, 0.2) is 24.3 Å².